The van der Waals surface area contributed by atoms with Crippen LogP contribution in [0.4, 0.5) is 17.1 Å². The van der Waals surface area contributed by atoms with Gasteiger partial charge in [-0.1, -0.05) is 111 Å². The first-order valence-corrected chi connectivity index (χ1v) is 18.4. The van der Waals surface area contributed by atoms with E-state index in [0.717, 1.165) is 17.1 Å². The molecule has 2 heterocycles. The molecule has 7 aromatic carbocycles. The lowest BCUT2D eigenvalue weighted by molar-refractivity contribution is 0.660. The predicted molar refractivity (Wildman–Crippen MR) is 223 cm³/mol. The van der Waals surface area contributed by atoms with Crippen LogP contribution in [-0.2, 0) is 12.5 Å². The SMILES string of the molecule is Cn1ccc(-c2ccc(N(c3ccc(-c4ccc5c(c4)c4ccccc4n5-c4ccccc4)cc3)c3ccc4c(c3)C(C)(C)c3ccccc3-4)cc2)c1. The molecule has 0 N–H and O–H groups in total. The lowest BCUT2D eigenvalue weighted by atomic mass is 9.82. The number of anilines is 3. The first-order chi connectivity index (χ1) is 25.9. The van der Waals surface area contributed by atoms with Crippen LogP contribution in [0.5, 0.6) is 0 Å². The largest absolute Gasteiger partial charge is 0.357 e. The van der Waals surface area contributed by atoms with Gasteiger partial charge >= 0.3 is 0 Å². The van der Waals surface area contributed by atoms with Crippen molar-refractivity contribution in [3.8, 4) is 39.1 Å². The summed E-state index contributed by atoms with van der Waals surface area (Å²) in [6.45, 7) is 4.70. The van der Waals surface area contributed by atoms with E-state index in [-0.39, 0.29) is 5.41 Å². The maximum absolute atomic E-state index is 2.41. The van der Waals surface area contributed by atoms with E-state index in [2.05, 4.69) is 217 Å². The second kappa shape index (κ2) is 12.0. The molecule has 10 rings (SSSR count). The lowest BCUT2D eigenvalue weighted by Gasteiger charge is -2.28. The molecule has 9 aromatic rings. The van der Waals surface area contributed by atoms with Gasteiger partial charge in [-0.15, -0.1) is 0 Å². The Bertz CT molecular complexity index is 2800. The van der Waals surface area contributed by atoms with Gasteiger partial charge in [0.05, 0.1) is 11.0 Å². The molecule has 3 heteroatoms. The van der Waals surface area contributed by atoms with Crippen molar-refractivity contribution in [2.75, 3.05) is 4.90 Å². The number of nitrogens with zero attached hydrogens (tertiary/aromatic N) is 3. The third-order valence-corrected chi connectivity index (χ3v) is 11.3. The number of rotatable bonds is 6. The second-order valence-corrected chi connectivity index (χ2v) is 14.8. The average molecular weight is 682 g/mol. The van der Waals surface area contributed by atoms with E-state index >= 15 is 0 Å². The molecular formula is C50H39N3. The van der Waals surface area contributed by atoms with Crippen molar-refractivity contribution in [2.24, 2.45) is 7.05 Å². The van der Waals surface area contributed by atoms with Crippen molar-refractivity contribution in [1.82, 2.24) is 9.13 Å². The van der Waals surface area contributed by atoms with E-state index in [1.807, 2.05) is 0 Å². The Kier molecular flexibility index (Phi) is 7.06. The normalized spacial score (nSPS) is 13.0. The van der Waals surface area contributed by atoms with Crippen molar-refractivity contribution in [3.63, 3.8) is 0 Å². The molecule has 0 fully saturated rings. The summed E-state index contributed by atoms with van der Waals surface area (Å²) in [5.74, 6) is 0. The summed E-state index contributed by atoms with van der Waals surface area (Å²) < 4.78 is 4.47. The van der Waals surface area contributed by atoms with E-state index in [0.29, 0.717) is 0 Å². The van der Waals surface area contributed by atoms with Crippen LogP contribution in [0, 0.1) is 0 Å². The van der Waals surface area contributed by atoms with Crippen LogP contribution in [0.3, 0.4) is 0 Å². The Balaban J connectivity index is 1.07. The van der Waals surface area contributed by atoms with Crippen LogP contribution in [0.25, 0.3) is 60.9 Å². The summed E-state index contributed by atoms with van der Waals surface area (Å²) in [7, 11) is 2.07. The highest BCUT2D eigenvalue weighted by molar-refractivity contribution is 6.10. The number of aryl methyl sites for hydroxylation is 1. The van der Waals surface area contributed by atoms with Crippen molar-refractivity contribution >= 4 is 38.9 Å². The minimum absolute atomic E-state index is 0.0864. The molecule has 53 heavy (non-hydrogen) atoms. The third kappa shape index (κ3) is 5.03. The zero-order valence-corrected chi connectivity index (χ0v) is 30.2. The minimum Gasteiger partial charge on any atom is -0.357 e. The highest BCUT2D eigenvalue weighted by Crippen LogP contribution is 2.50. The van der Waals surface area contributed by atoms with Gasteiger partial charge in [0, 0.05) is 58.4 Å². The Labute approximate surface area is 310 Å². The molecular weight excluding hydrogens is 643 g/mol. The average Bonchev–Trinajstić information content (AvgIpc) is 3.86. The standard InChI is InChI=1S/C50H39N3/c1-50(2)46-15-9-7-13-42(46)43-27-26-41(32-47(43)50)52(40-24-19-35(20-25-40)37-29-30-51(3)33-37)39-22-17-34(18-23-39)36-21-28-49-45(31-36)44-14-8-10-16-48(44)53(49)38-11-5-4-6-12-38/h4-33H,1-3H3. The Morgan fingerprint density at radius 2 is 1.06 bits per heavy atom. The summed E-state index contributed by atoms with van der Waals surface area (Å²) in [4.78, 5) is 2.40. The van der Waals surface area contributed by atoms with Crippen molar-refractivity contribution in [3.05, 3.63) is 193 Å². The molecule has 254 valence electrons. The maximum atomic E-state index is 2.41. The first-order valence-electron chi connectivity index (χ1n) is 18.4. The summed E-state index contributed by atoms with van der Waals surface area (Å²) in [5.41, 5.74) is 17.2. The zero-order valence-electron chi connectivity index (χ0n) is 30.2. The molecule has 0 unspecified atom stereocenters. The van der Waals surface area contributed by atoms with Crippen molar-refractivity contribution < 1.29 is 0 Å². The van der Waals surface area contributed by atoms with Crippen molar-refractivity contribution in [2.45, 2.75) is 19.3 Å². The fourth-order valence-electron chi connectivity index (χ4n) is 8.57. The fourth-order valence-corrected chi connectivity index (χ4v) is 8.57. The molecule has 2 aromatic heterocycles. The van der Waals surface area contributed by atoms with Crippen LogP contribution < -0.4 is 4.90 Å². The van der Waals surface area contributed by atoms with Gasteiger partial charge in [-0.3, -0.25) is 0 Å². The third-order valence-electron chi connectivity index (χ3n) is 11.3. The van der Waals surface area contributed by atoms with Crippen LogP contribution in [0.1, 0.15) is 25.0 Å². The second-order valence-electron chi connectivity index (χ2n) is 14.8. The highest BCUT2D eigenvalue weighted by atomic mass is 15.1. The Morgan fingerprint density at radius 3 is 1.79 bits per heavy atom. The molecule has 0 radical (unpaired) electrons. The predicted octanol–water partition coefficient (Wildman–Crippen LogP) is 13.2. The minimum atomic E-state index is -0.0864. The van der Waals surface area contributed by atoms with Crippen molar-refractivity contribution in [1.29, 1.82) is 0 Å². The summed E-state index contributed by atoms with van der Waals surface area (Å²) in [5, 5.41) is 2.52. The number of aromatic nitrogens is 2. The first kappa shape index (κ1) is 31.2. The molecule has 1 aliphatic carbocycles. The molecule has 0 atom stereocenters. The number of hydrogen-bond donors (Lipinski definition) is 0. The van der Waals surface area contributed by atoms with Gasteiger partial charge in [0.2, 0.25) is 0 Å². The van der Waals surface area contributed by atoms with Crippen LogP contribution in [0.2, 0.25) is 0 Å². The summed E-state index contributed by atoms with van der Waals surface area (Å²) in [6.07, 6.45) is 4.27. The smallest absolute Gasteiger partial charge is 0.0541 e. The lowest BCUT2D eigenvalue weighted by Crippen LogP contribution is -2.16. The van der Waals surface area contributed by atoms with E-state index in [9.17, 15) is 0 Å². The topological polar surface area (TPSA) is 13.1 Å². The van der Waals surface area contributed by atoms with Gasteiger partial charge in [0.25, 0.3) is 0 Å². The molecule has 0 amide bonds. The summed E-state index contributed by atoms with van der Waals surface area (Å²) in [6, 6.07) is 62.3. The maximum Gasteiger partial charge on any atom is 0.0541 e. The Morgan fingerprint density at radius 1 is 0.453 bits per heavy atom. The number of fused-ring (bicyclic) bond motifs is 6. The van der Waals surface area contributed by atoms with Gasteiger partial charge in [0.15, 0.2) is 0 Å². The van der Waals surface area contributed by atoms with Gasteiger partial charge in [-0.25, -0.2) is 0 Å². The monoisotopic (exact) mass is 681 g/mol. The van der Waals surface area contributed by atoms with Crippen LogP contribution >= 0.6 is 0 Å². The van der Waals surface area contributed by atoms with E-state index < -0.39 is 0 Å². The molecule has 1 aliphatic rings. The number of hydrogen-bond acceptors (Lipinski definition) is 1. The van der Waals surface area contributed by atoms with Crippen LogP contribution in [-0.4, -0.2) is 9.13 Å². The molecule has 3 nitrogen and oxygen atoms in total. The number of benzene rings is 7. The molecule has 0 saturated heterocycles. The molecule has 0 saturated carbocycles. The fraction of sp³-hybridized carbons (Fsp3) is 0.0800. The van der Waals surface area contributed by atoms with Crippen LogP contribution in [0.15, 0.2) is 182 Å². The molecule has 0 spiro atoms. The van der Waals surface area contributed by atoms with Gasteiger partial charge in [0.1, 0.15) is 0 Å². The van der Waals surface area contributed by atoms with Gasteiger partial charge in [-0.2, -0.15) is 0 Å². The Hall–Kier alpha value is -6.58. The zero-order chi connectivity index (χ0) is 35.7. The van der Waals surface area contributed by atoms with Gasteiger partial charge < -0.3 is 14.0 Å². The van der Waals surface area contributed by atoms with E-state index in [1.54, 1.807) is 0 Å². The van der Waals surface area contributed by atoms with Gasteiger partial charge in [-0.05, 0) is 117 Å². The highest BCUT2D eigenvalue weighted by Gasteiger charge is 2.35. The van der Waals surface area contributed by atoms with E-state index in [4.69, 9.17) is 0 Å². The number of para-hydroxylation sites is 2. The van der Waals surface area contributed by atoms with E-state index in [1.165, 1.54) is 72.0 Å². The molecule has 0 bridgehead atoms. The molecule has 0 aliphatic heterocycles. The summed E-state index contributed by atoms with van der Waals surface area (Å²) >= 11 is 0. The quantitative estimate of drug-likeness (QED) is 0.170.